The van der Waals surface area contributed by atoms with E-state index in [-0.39, 0.29) is 11.8 Å². The number of benzene rings is 1. The molecule has 0 aromatic heterocycles. The summed E-state index contributed by atoms with van der Waals surface area (Å²) >= 11 is 0. The van der Waals surface area contributed by atoms with Gasteiger partial charge >= 0.3 is 0 Å². The van der Waals surface area contributed by atoms with E-state index < -0.39 is 0 Å². The molecule has 1 aliphatic heterocycles. The Morgan fingerprint density at radius 3 is 2.31 bits per heavy atom. The van der Waals surface area contributed by atoms with Crippen LogP contribution in [0.5, 0.6) is 0 Å². The molecule has 5 heteroatoms. The zero-order valence-electron chi connectivity index (χ0n) is 16.1. The van der Waals surface area contributed by atoms with E-state index in [0.29, 0.717) is 19.0 Å². The number of carbonyl (C=O) groups is 2. The van der Waals surface area contributed by atoms with E-state index in [4.69, 9.17) is 0 Å². The van der Waals surface area contributed by atoms with Crippen molar-refractivity contribution < 1.29 is 9.59 Å². The third-order valence-electron chi connectivity index (χ3n) is 5.31. The lowest BCUT2D eigenvalue weighted by Gasteiger charge is -2.35. The lowest BCUT2D eigenvalue weighted by molar-refractivity contribution is -0.136. The van der Waals surface area contributed by atoms with Gasteiger partial charge in [0.15, 0.2) is 0 Å². The first-order chi connectivity index (χ1) is 12.6. The molecular formula is C21H31N3O2. The molecule has 5 nitrogen and oxygen atoms in total. The van der Waals surface area contributed by atoms with Gasteiger partial charge in [0.25, 0.3) is 0 Å². The fraction of sp³-hybridized carbons (Fsp3) is 0.619. The van der Waals surface area contributed by atoms with Crippen molar-refractivity contribution in [1.29, 1.82) is 0 Å². The Labute approximate surface area is 156 Å². The number of aryl methyl sites for hydroxylation is 1. The first-order valence-corrected chi connectivity index (χ1v) is 9.91. The van der Waals surface area contributed by atoms with Gasteiger partial charge in [-0.25, -0.2) is 0 Å². The molecule has 0 N–H and O–H groups in total. The van der Waals surface area contributed by atoms with E-state index in [2.05, 4.69) is 43.0 Å². The van der Waals surface area contributed by atoms with Crippen LogP contribution in [-0.4, -0.2) is 65.8 Å². The Kier molecular flexibility index (Phi) is 6.30. The van der Waals surface area contributed by atoms with Crippen LogP contribution in [0.25, 0.3) is 0 Å². The van der Waals surface area contributed by atoms with E-state index >= 15 is 0 Å². The van der Waals surface area contributed by atoms with Gasteiger partial charge in [0.1, 0.15) is 0 Å². The first-order valence-electron chi connectivity index (χ1n) is 9.91. The molecule has 0 atom stereocenters. The zero-order valence-corrected chi connectivity index (χ0v) is 16.1. The minimum atomic E-state index is 0.189. The smallest absolute Gasteiger partial charge is 0.237 e. The fourth-order valence-corrected chi connectivity index (χ4v) is 3.48. The molecule has 1 heterocycles. The third kappa shape index (κ3) is 5.07. The molecule has 1 saturated carbocycles. The van der Waals surface area contributed by atoms with Gasteiger partial charge in [-0.1, -0.05) is 36.8 Å². The zero-order chi connectivity index (χ0) is 18.5. The summed E-state index contributed by atoms with van der Waals surface area (Å²) in [4.78, 5) is 31.1. The molecule has 2 aliphatic rings. The van der Waals surface area contributed by atoms with Crippen molar-refractivity contribution in [3.63, 3.8) is 0 Å². The molecule has 0 bridgehead atoms. The molecule has 0 unspecified atom stereocenters. The number of hydrogen-bond donors (Lipinski definition) is 0. The van der Waals surface area contributed by atoms with Crippen molar-refractivity contribution >= 4 is 11.8 Å². The molecule has 3 rings (SSSR count). The van der Waals surface area contributed by atoms with Gasteiger partial charge in [0, 0.05) is 45.2 Å². The van der Waals surface area contributed by atoms with Gasteiger partial charge in [-0.15, -0.1) is 0 Å². The maximum atomic E-state index is 12.8. The maximum absolute atomic E-state index is 12.8. The number of hydrogen-bond acceptors (Lipinski definition) is 3. The van der Waals surface area contributed by atoms with Crippen LogP contribution in [0.15, 0.2) is 24.3 Å². The van der Waals surface area contributed by atoms with Gasteiger partial charge in [-0.05, 0) is 31.7 Å². The summed E-state index contributed by atoms with van der Waals surface area (Å²) in [7, 11) is 0. The number of carbonyl (C=O) groups excluding carboxylic acids is 2. The Bertz CT molecular complexity index is 617. The molecule has 142 valence electrons. The highest BCUT2D eigenvalue weighted by Crippen LogP contribution is 2.31. The quantitative estimate of drug-likeness (QED) is 0.752. The van der Waals surface area contributed by atoms with Gasteiger partial charge in [0.05, 0.1) is 6.54 Å². The van der Waals surface area contributed by atoms with Gasteiger partial charge < -0.3 is 9.80 Å². The molecule has 1 aliphatic carbocycles. The van der Waals surface area contributed by atoms with Crippen molar-refractivity contribution in [3.05, 3.63) is 35.4 Å². The molecule has 2 fully saturated rings. The largest absolute Gasteiger partial charge is 0.340 e. The monoisotopic (exact) mass is 357 g/mol. The van der Waals surface area contributed by atoms with Crippen LogP contribution >= 0.6 is 0 Å². The van der Waals surface area contributed by atoms with Crippen LogP contribution in [0.1, 0.15) is 37.3 Å². The summed E-state index contributed by atoms with van der Waals surface area (Å²) in [5, 5.41) is 0. The predicted octanol–water partition coefficient (Wildman–Crippen LogP) is 2.29. The third-order valence-corrected chi connectivity index (χ3v) is 5.31. The predicted molar refractivity (Wildman–Crippen MR) is 103 cm³/mol. The van der Waals surface area contributed by atoms with Crippen LogP contribution in [0.3, 0.4) is 0 Å². The number of piperazine rings is 1. The summed E-state index contributed by atoms with van der Waals surface area (Å²) < 4.78 is 0. The Hall–Kier alpha value is -1.88. The van der Waals surface area contributed by atoms with Gasteiger partial charge in [0.2, 0.25) is 11.8 Å². The lowest BCUT2D eigenvalue weighted by Crippen LogP contribution is -2.51. The lowest BCUT2D eigenvalue weighted by atomic mass is 10.1. The summed E-state index contributed by atoms with van der Waals surface area (Å²) in [5.41, 5.74) is 2.41. The summed E-state index contributed by atoms with van der Waals surface area (Å²) in [6.07, 6.45) is 3.08. The van der Waals surface area contributed by atoms with Crippen LogP contribution in [0.2, 0.25) is 0 Å². The highest BCUT2D eigenvalue weighted by atomic mass is 16.2. The first kappa shape index (κ1) is 18.9. The van der Waals surface area contributed by atoms with Crippen LogP contribution in [0, 0.1) is 12.8 Å². The molecule has 0 radical (unpaired) electrons. The second-order valence-electron chi connectivity index (χ2n) is 7.68. The molecule has 2 amide bonds. The van der Waals surface area contributed by atoms with E-state index in [1.807, 2.05) is 9.80 Å². The second-order valence-corrected chi connectivity index (χ2v) is 7.68. The normalized spacial score (nSPS) is 18.0. The minimum absolute atomic E-state index is 0.189. The molecular weight excluding hydrogens is 326 g/mol. The van der Waals surface area contributed by atoms with Crippen LogP contribution in [0.4, 0.5) is 0 Å². The van der Waals surface area contributed by atoms with E-state index in [1.165, 1.54) is 11.1 Å². The number of amides is 2. The molecule has 26 heavy (non-hydrogen) atoms. The van der Waals surface area contributed by atoms with E-state index in [1.54, 1.807) is 0 Å². The van der Waals surface area contributed by atoms with Crippen LogP contribution < -0.4 is 0 Å². The van der Waals surface area contributed by atoms with Gasteiger partial charge in [-0.3, -0.25) is 14.5 Å². The number of nitrogens with zero attached hydrogens (tertiary/aromatic N) is 3. The second kappa shape index (κ2) is 8.67. The molecule has 1 aromatic carbocycles. The Morgan fingerprint density at radius 2 is 1.73 bits per heavy atom. The van der Waals surface area contributed by atoms with Gasteiger partial charge in [-0.2, -0.15) is 0 Å². The molecule has 0 spiro atoms. The minimum Gasteiger partial charge on any atom is -0.340 e. The summed E-state index contributed by atoms with van der Waals surface area (Å²) in [5.74, 6) is 0.801. The fourth-order valence-electron chi connectivity index (χ4n) is 3.48. The highest BCUT2D eigenvalue weighted by molar-refractivity contribution is 5.81. The maximum Gasteiger partial charge on any atom is 0.237 e. The van der Waals surface area contributed by atoms with Crippen molar-refractivity contribution in [1.82, 2.24) is 14.7 Å². The Morgan fingerprint density at radius 1 is 1.08 bits per heavy atom. The molecule has 1 aromatic rings. The standard InChI is InChI=1S/C21H31N3O2/c1-3-10-24(15-18-6-4-17(2)5-7-18)20(25)16-22-11-13-23(14-12-22)21(26)19-8-9-19/h4-7,19H,3,8-16H2,1-2H3. The van der Waals surface area contributed by atoms with E-state index in [9.17, 15) is 9.59 Å². The topological polar surface area (TPSA) is 43.9 Å². The number of rotatable bonds is 7. The van der Waals surface area contributed by atoms with E-state index in [0.717, 1.165) is 52.0 Å². The summed E-state index contributed by atoms with van der Waals surface area (Å²) in [6.45, 7) is 9.22. The van der Waals surface area contributed by atoms with Crippen molar-refractivity contribution in [2.75, 3.05) is 39.3 Å². The average Bonchev–Trinajstić information content (AvgIpc) is 3.48. The average molecular weight is 357 g/mol. The van der Waals surface area contributed by atoms with Crippen molar-refractivity contribution in [2.24, 2.45) is 5.92 Å². The Balaban J connectivity index is 1.49. The van der Waals surface area contributed by atoms with Crippen molar-refractivity contribution in [2.45, 2.75) is 39.7 Å². The highest BCUT2D eigenvalue weighted by Gasteiger charge is 2.34. The van der Waals surface area contributed by atoms with Crippen LogP contribution in [-0.2, 0) is 16.1 Å². The van der Waals surface area contributed by atoms with Crippen molar-refractivity contribution in [3.8, 4) is 0 Å². The molecule has 1 saturated heterocycles. The summed E-state index contributed by atoms with van der Waals surface area (Å²) in [6, 6.07) is 8.40. The SMILES string of the molecule is CCCN(Cc1ccc(C)cc1)C(=O)CN1CCN(C(=O)C2CC2)CC1.